The summed E-state index contributed by atoms with van der Waals surface area (Å²) in [4.78, 5) is 0. The van der Waals surface area contributed by atoms with Crippen molar-refractivity contribution >= 4 is 155 Å². The molecule has 22 valence electrons. The van der Waals surface area contributed by atoms with Crippen molar-refractivity contribution in [3.63, 3.8) is 0 Å². The normalized spacial score (nSPS) is 0. The molecule has 0 fully saturated rings. The monoisotopic (exact) mass is 177 g/mol. The maximum atomic E-state index is 0. The van der Waals surface area contributed by atoms with Gasteiger partial charge in [-0.15, -0.1) is 0 Å². The Hall–Kier alpha value is 4.97. The summed E-state index contributed by atoms with van der Waals surface area (Å²) in [6, 6.07) is 0. The Balaban J connectivity index is 0. The summed E-state index contributed by atoms with van der Waals surface area (Å²) < 4.78 is 0. The van der Waals surface area contributed by atoms with Crippen LogP contribution in [0.15, 0.2) is 0 Å². The van der Waals surface area contributed by atoms with Gasteiger partial charge in [-0.1, -0.05) is 0 Å². The first-order valence-electron chi connectivity index (χ1n) is 0. The molecule has 0 saturated heterocycles. The molecule has 0 aliphatic rings. The van der Waals surface area contributed by atoms with Crippen LogP contribution in [-0.4, -0.2) is 142 Å². The van der Waals surface area contributed by atoms with Crippen molar-refractivity contribution in [2.24, 2.45) is 0 Å². The molecule has 0 atom stereocenters. The van der Waals surface area contributed by atoms with Crippen LogP contribution in [0.5, 0.6) is 0 Å². The van der Waals surface area contributed by atoms with Gasteiger partial charge in [-0.3, -0.25) is 0 Å². The van der Waals surface area contributed by atoms with Crippen molar-refractivity contribution in [3.8, 4) is 0 Å². The first-order valence-corrected chi connectivity index (χ1v) is 0. The van der Waals surface area contributed by atoms with Crippen LogP contribution in [0.4, 0.5) is 0 Å². The quantitative estimate of drug-likeness (QED) is 0.461. The SMILES string of the molecule is N.S.[Ca].[K].[Mg].[Na]. The number of hydrogen-bond donors (Lipinski definition) is 1. The Morgan fingerprint density at radius 1 is 1.00 bits per heavy atom. The van der Waals surface area contributed by atoms with E-state index in [1.165, 1.54) is 0 Å². The molecule has 0 aliphatic heterocycles. The van der Waals surface area contributed by atoms with Gasteiger partial charge in [0.25, 0.3) is 0 Å². The number of rotatable bonds is 0. The first kappa shape index (κ1) is 44.1. The first-order chi connectivity index (χ1) is 0. The standard InChI is InChI=1S/Ca.K.Mg.H3N.Na.H2S/h;;;1H3;;1H2. The van der Waals surface area contributed by atoms with Crippen molar-refractivity contribution in [2.75, 3.05) is 0 Å². The third-order valence-electron chi connectivity index (χ3n) is 0. The van der Waals surface area contributed by atoms with E-state index >= 15 is 0 Å². The molecular weight excluding hydrogens is 173 g/mol. The summed E-state index contributed by atoms with van der Waals surface area (Å²) in [6.45, 7) is 0. The van der Waals surface area contributed by atoms with Gasteiger partial charge >= 0.3 is 0 Å². The molecule has 6 radical (unpaired) electrons. The molecule has 0 heterocycles. The molecule has 6 heavy (non-hydrogen) atoms. The van der Waals surface area contributed by atoms with Crippen molar-refractivity contribution in [1.29, 1.82) is 0 Å². The van der Waals surface area contributed by atoms with Crippen LogP contribution in [0.25, 0.3) is 0 Å². The summed E-state index contributed by atoms with van der Waals surface area (Å²) in [5, 5.41) is 0. The number of hydrogen-bond acceptors (Lipinski definition) is 1. The fourth-order valence-corrected chi connectivity index (χ4v) is 0. The Morgan fingerprint density at radius 3 is 1.00 bits per heavy atom. The zero-order valence-corrected chi connectivity index (χ0v) is 14.4. The molecule has 0 unspecified atom stereocenters. The van der Waals surface area contributed by atoms with Gasteiger partial charge < -0.3 is 6.15 Å². The Morgan fingerprint density at radius 2 is 1.00 bits per heavy atom. The molecule has 0 bridgehead atoms. The molecule has 0 saturated carbocycles. The largest absolute Gasteiger partial charge is 0.344 e. The van der Waals surface area contributed by atoms with E-state index in [4.69, 9.17) is 0 Å². The van der Waals surface area contributed by atoms with E-state index in [1.807, 2.05) is 0 Å². The van der Waals surface area contributed by atoms with Gasteiger partial charge in [-0.05, 0) is 0 Å². The molecular formula is H5CaKMgNNaS. The van der Waals surface area contributed by atoms with Crippen LogP contribution in [0.2, 0.25) is 0 Å². The zero-order valence-electron chi connectivity index (χ0n) is 4.62. The molecule has 0 aliphatic carbocycles. The van der Waals surface area contributed by atoms with E-state index in [2.05, 4.69) is 0 Å². The average molecular weight is 178 g/mol. The van der Waals surface area contributed by atoms with Crippen LogP contribution in [-0.2, 0) is 0 Å². The van der Waals surface area contributed by atoms with Gasteiger partial charge in [-0.2, -0.15) is 13.5 Å². The minimum Gasteiger partial charge on any atom is -0.344 e. The second-order valence-electron chi connectivity index (χ2n) is 0. The van der Waals surface area contributed by atoms with Crippen LogP contribution < -0.4 is 6.15 Å². The third-order valence-corrected chi connectivity index (χ3v) is 0. The second-order valence-corrected chi connectivity index (χ2v) is 0. The minimum absolute atomic E-state index is 0. The average Bonchev–Trinajstić information content (AvgIpc) is 0. The zero-order chi connectivity index (χ0) is 0. The molecule has 0 aromatic carbocycles. The Bertz CT molecular complexity index is 15.5. The molecule has 0 aromatic rings. The van der Waals surface area contributed by atoms with Crippen molar-refractivity contribution < 1.29 is 0 Å². The molecule has 3 N–H and O–H groups in total. The molecule has 0 aromatic heterocycles. The smallest absolute Gasteiger partial charge is 0 e. The molecule has 0 rings (SSSR count). The summed E-state index contributed by atoms with van der Waals surface area (Å²) in [5.74, 6) is 0. The summed E-state index contributed by atoms with van der Waals surface area (Å²) in [7, 11) is 0. The Labute approximate surface area is 156 Å². The van der Waals surface area contributed by atoms with Gasteiger partial charge in [0.15, 0.2) is 0 Å². The van der Waals surface area contributed by atoms with Crippen LogP contribution in [0, 0.1) is 0 Å². The molecule has 0 amide bonds. The van der Waals surface area contributed by atoms with Crippen molar-refractivity contribution in [1.82, 2.24) is 6.15 Å². The summed E-state index contributed by atoms with van der Waals surface area (Å²) >= 11 is 0. The van der Waals surface area contributed by atoms with E-state index in [-0.39, 0.29) is 161 Å². The molecule has 0 spiro atoms. The fraction of sp³-hybridized carbons (Fsp3) is 0. The summed E-state index contributed by atoms with van der Waals surface area (Å²) in [5.41, 5.74) is 0. The van der Waals surface area contributed by atoms with Crippen molar-refractivity contribution in [3.05, 3.63) is 0 Å². The van der Waals surface area contributed by atoms with Crippen molar-refractivity contribution in [2.45, 2.75) is 0 Å². The van der Waals surface area contributed by atoms with Gasteiger partial charge in [0.05, 0.1) is 0 Å². The maximum Gasteiger partial charge on any atom is 0 e. The predicted molar refractivity (Wildman–Crippen MR) is 38.4 cm³/mol. The van der Waals surface area contributed by atoms with E-state index in [0.717, 1.165) is 0 Å². The van der Waals surface area contributed by atoms with E-state index in [0.29, 0.717) is 0 Å². The van der Waals surface area contributed by atoms with E-state index in [9.17, 15) is 0 Å². The van der Waals surface area contributed by atoms with Gasteiger partial charge in [0.2, 0.25) is 0 Å². The fourth-order valence-electron chi connectivity index (χ4n) is 0. The van der Waals surface area contributed by atoms with Gasteiger partial charge in [0.1, 0.15) is 0 Å². The topological polar surface area (TPSA) is 35.0 Å². The van der Waals surface area contributed by atoms with Crippen LogP contribution >= 0.6 is 13.5 Å². The Kier molecular flexibility index (Phi) is 239. The second kappa shape index (κ2) is 32.5. The molecule has 6 heteroatoms. The summed E-state index contributed by atoms with van der Waals surface area (Å²) in [6.07, 6.45) is 0. The van der Waals surface area contributed by atoms with Crippen LogP contribution in [0.3, 0.4) is 0 Å². The van der Waals surface area contributed by atoms with Crippen LogP contribution in [0.1, 0.15) is 0 Å². The molecule has 1 nitrogen and oxygen atoms in total. The minimum atomic E-state index is 0. The van der Waals surface area contributed by atoms with Gasteiger partial charge in [-0.25, -0.2) is 0 Å². The maximum absolute atomic E-state index is 0. The predicted octanol–water partition coefficient (Wildman–Crippen LogP) is -1.25. The van der Waals surface area contributed by atoms with E-state index in [1.54, 1.807) is 0 Å². The van der Waals surface area contributed by atoms with Gasteiger partial charge in [0, 0.05) is 142 Å². The third kappa shape index (κ3) is 23.1. The van der Waals surface area contributed by atoms with E-state index < -0.39 is 0 Å².